The van der Waals surface area contributed by atoms with Crippen molar-refractivity contribution in [2.24, 2.45) is 0 Å². The number of fused-ring (bicyclic) bond motifs is 12. The van der Waals surface area contributed by atoms with E-state index in [9.17, 15) is 32.3 Å². The lowest BCUT2D eigenvalue weighted by Crippen LogP contribution is -2.29. The molecule has 0 amide bonds. The fraction of sp³-hybridized carbons (Fsp3) is 0.273. The van der Waals surface area contributed by atoms with E-state index in [0.717, 1.165) is 103 Å². The van der Waals surface area contributed by atoms with E-state index in [1.165, 1.54) is 42.3 Å². The van der Waals surface area contributed by atoms with Crippen LogP contribution in [0.3, 0.4) is 0 Å². The van der Waals surface area contributed by atoms with Gasteiger partial charge in [0.25, 0.3) is 0 Å². The summed E-state index contributed by atoms with van der Waals surface area (Å²) in [6.45, 7) is 0. The van der Waals surface area contributed by atoms with Gasteiger partial charge in [-0.25, -0.2) is 17.6 Å². The monoisotopic (exact) mass is 792 g/mol. The summed E-state index contributed by atoms with van der Waals surface area (Å²) in [5.41, 5.74) is 3.24. The second-order valence-electron chi connectivity index (χ2n) is 15.6. The second-order valence-corrected chi connectivity index (χ2v) is 18.8. The topological polar surface area (TPSA) is 68.3 Å². The lowest BCUT2D eigenvalue weighted by atomic mass is 9.66. The molecule has 11 rings (SSSR count). The summed E-state index contributed by atoms with van der Waals surface area (Å²) < 4.78 is 60.8. The Morgan fingerprint density at radius 2 is 1.16 bits per heavy atom. The summed E-state index contributed by atoms with van der Waals surface area (Å²) >= 11 is 5.06. The number of thiophene rings is 3. The summed E-state index contributed by atoms with van der Waals surface area (Å²) in [5, 5.41) is 0. The average molecular weight is 793 g/mol. The van der Waals surface area contributed by atoms with Crippen molar-refractivity contribution in [2.45, 2.75) is 75.0 Å². The second kappa shape index (κ2) is 11.5. The van der Waals surface area contributed by atoms with Crippen molar-refractivity contribution >= 4 is 89.8 Å². The van der Waals surface area contributed by atoms with Crippen molar-refractivity contribution in [1.82, 2.24) is 0 Å². The van der Waals surface area contributed by atoms with Crippen molar-refractivity contribution in [2.75, 3.05) is 0 Å². The van der Waals surface area contributed by atoms with Crippen LogP contribution in [0.1, 0.15) is 122 Å². The molecule has 0 N–H and O–H groups in total. The third-order valence-corrected chi connectivity index (χ3v) is 16.6. The van der Waals surface area contributed by atoms with Crippen LogP contribution in [0, 0.1) is 23.3 Å². The summed E-state index contributed by atoms with van der Waals surface area (Å²) in [6, 6.07) is 5.45. The largest absolute Gasteiger partial charge is 0.285 e. The minimum absolute atomic E-state index is 0.00303. The molecule has 6 aliphatic carbocycles. The highest BCUT2D eigenvalue weighted by atomic mass is 32.1. The summed E-state index contributed by atoms with van der Waals surface area (Å²) in [7, 11) is 0. The molecule has 6 aliphatic rings. The van der Waals surface area contributed by atoms with Gasteiger partial charge in [0.05, 0.1) is 19.8 Å². The maximum Gasteiger partial charge on any atom is 0.237 e. The summed E-state index contributed by atoms with van der Waals surface area (Å²) in [5.74, 6) is -7.23. The van der Waals surface area contributed by atoms with Crippen LogP contribution in [0.5, 0.6) is 0 Å². The van der Waals surface area contributed by atoms with Crippen LogP contribution < -0.4 is 0 Å². The Hall–Kier alpha value is -4.58. The molecule has 2 spiro atoms. The molecule has 2 fully saturated rings. The molecule has 55 heavy (non-hydrogen) atoms. The van der Waals surface area contributed by atoms with Crippen molar-refractivity contribution in [3.05, 3.63) is 114 Å². The summed E-state index contributed by atoms with van der Waals surface area (Å²) in [6.07, 6.45) is 15.3. The highest BCUT2D eigenvalue weighted by molar-refractivity contribution is 7.32. The van der Waals surface area contributed by atoms with Gasteiger partial charge < -0.3 is 0 Å². The summed E-state index contributed by atoms with van der Waals surface area (Å²) in [4.78, 5) is 56.3. The van der Waals surface area contributed by atoms with Crippen LogP contribution in [-0.4, -0.2) is 23.1 Å². The van der Waals surface area contributed by atoms with E-state index in [1.54, 1.807) is 34.8 Å². The van der Waals surface area contributed by atoms with Gasteiger partial charge in [0.1, 0.15) is 23.3 Å². The molecule has 0 unspecified atom stereocenters. The maximum absolute atomic E-state index is 15.2. The zero-order valence-corrected chi connectivity index (χ0v) is 31.5. The fourth-order valence-corrected chi connectivity index (χ4v) is 15.1. The van der Waals surface area contributed by atoms with Crippen molar-refractivity contribution in [1.29, 1.82) is 0 Å². The number of allylic oxidation sites excluding steroid dienone is 4. The van der Waals surface area contributed by atoms with Crippen LogP contribution in [0.4, 0.5) is 17.6 Å². The molecule has 0 bridgehead atoms. The van der Waals surface area contributed by atoms with Crippen molar-refractivity contribution < 1.29 is 36.7 Å². The van der Waals surface area contributed by atoms with Crippen molar-refractivity contribution in [3.63, 3.8) is 0 Å². The minimum Gasteiger partial charge on any atom is -0.285 e. The molecule has 0 atom stereocenters. The number of hydrogen-bond donors (Lipinski definition) is 0. The molecular weight excluding hydrogens is 765 g/mol. The van der Waals surface area contributed by atoms with Gasteiger partial charge in [0.2, 0.25) is 23.1 Å². The number of halogens is 4. The van der Waals surface area contributed by atoms with Gasteiger partial charge in [-0.2, -0.15) is 0 Å². The van der Waals surface area contributed by atoms with E-state index in [1.807, 2.05) is 0 Å². The Morgan fingerprint density at radius 3 is 1.87 bits per heavy atom. The number of ketones is 4. The lowest BCUT2D eigenvalue weighted by molar-refractivity contribution is -0.110. The third kappa shape index (κ3) is 4.37. The number of hydrogen-bond acceptors (Lipinski definition) is 7. The van der Waals surface area contributed by atoms with Crippen LogP contribution in [0.25, 0.3) is 42.5 Å². The number of carbonyl (C=O) groups excluding carboxylic acids is 4. The molecule has 0 saturated heterocycles. The molecule has 274 valence electrons. The number of benzene rings is 2. The molecule has 3 heterocycles. The van der Waals surface area contributed by atoms with E-state index in [0.29, 0.717) is 6.07 Å². The Balaban J connectivity index is 1.07. The molecule has 3 aromatic heterocycles. The zero-order valence-electron chi connectivity index (χ0n) is 29.1. The normalized spacial score (nSPS) is 21.7. The first-order chi connectivity index (χ1) is 26.5. The van der Waals surface area contributed by atoms with Gasteiger partial charge in [-0.3, -0.25) is 19.2 Å². The predicted molar refractivity (Wildman–Crippen MR) is 207 cm³/mol. The fourth-order valence-electron chi connectivity index (χ4n) is 10.6. The lowest BCUT2D eigenvalue weighted by Gasteiger charge is -2.36. The Morgan fingerprint density at radius 1 is 0.545 bits per heavy atom. The quantitative estimate of drug-likeness (QED) is 0.101. The van der Waals surface area contributed by atoms with Gasteiger partial charge in [-0.15, -0.1) is 34.0 Å². The molecule has 2 saturated carbocycles. The highest BCUT2D eigenvalue weighted by Crippen LogP contribution is 2.67. The molecule has 0 aliphatic heterocycles. The number of rotatable bonds is 2. The van der Waals surface area contributed by atoms with E-state index in [4.69, 9.17) is 0 Å². The highest BCUT2D eigenvalue weighted by Gasteiger charge is 2.52. The first-order valence-electron chi connectivity index (χ1n) is 18.6. The smallest absolute Gasteiger partial charge is 0.237 e. The van der Waals surface area contributed by atoms with Crippen LogP contribution >= 0.6 is 34.0 Å². The first-order valence-corrected chi connectivity index (χ1v) is 21.0. The zero-order chi connectivity index (χ0) is 37.7. The molecule has 0 radical (unpaired) electrons. The van der Waals surface area contributed by atoms with E-state index < -0.39 is 51.8 Å². The molecule has 4 nitrogen and oxygen atoms in total. The predicted octanol–water partition coefficient (Wildman–Crippen LogP) is 11.6. The average Bonchev–Trinajstić information content (AvgIpc) is 4.00. The Labute approximate surface area is 323 Å². The Kier molecular flexibility index (Phi) is 7.05. The molecule has 5 aromatic rings. The minimum atomic E-state index is -1.04. The van der Waals surface area contributed by atoms with Crippen LogP contribution in [0.2, 0.25) is 0 Å². The van der Waals surface area contributed by atoms with Crippen molar-refractivity contribution in [3.8, 4) is 9.75 Å². The van der Waals surface area contributed by atoms with Gasteiger partial charge in [0.15, 0.2) is 0 Å². The maximum atomic E-state index is 15.2. The molecular formula is C44H28F4O4S3. The van der Waals surface area contributed by atoms with Gasteiger partial charge in [0, 0.05) is 71.0 Å². The van der Waals surface area contributed by atoms with Gasteiger partial charge in [-0.1, -0.05) is 38.5 Å². The number of Topliss-reactive ketones (excluding diaryl/α,β-unsaturated/α-hetero) is 4. The van der Waals surface area contributed by atoms with E-state index >= 15 is 4.39 Å². The van der Waals surface area contributed by atoms with E-state index in [2.05, 4.69) is 12.1 Å². The van der Waals surface area contributed by atoms with Crippen LogP contribution in [0.15, 0.2) is 42.0 Å². The van der Waals surface area contributed by atoms with Crippen LogP contribution in [-0.2, 0) is 20.4 Å². The van der Waals surface area contributed by atoms with E-state index in [-0.39, 0.29) is 38.8 Å². The van der Waals surface area contributed by atoms with Gasteiger partial charge in [-0.05, 0) is 78.8 Å². The number of carbonyl (C=O) groups is 4. The SMILES string of the molecule is O=C1C(=O)c2c(F)cc(F)cc2/C1=C/c1cc2c(s1)-c1sc3c4c(sc3c1C21CCCCC1)C=C(/C=C1\C(=O)C(=O)c2cc(F)cc(F)c21)C41CCCCC1. The Bertz CT molecular complexity index is 2790. The third-order valence-electron chi connectivity index (χ3n) is 12.9. The first kappa shape index (κ1) is 33.7. The standard InChI is InChI=1S/C44H28F4O4S3/c45-20-13-23-24(35(49)38(52)32(23)29(48)16-20)17-22-18-27-39(53-22)41-34(44(27)9-5-2-6-10-44)42-40(55-41)33-30(54-42)12-19(43(33)7-3-1-4-8-43)11-25-31-26(37(51)36(25)50)14-21(46)15-28(31)47/h11-18H,1-10H2/b24-17-,25-11-. The molecule has 2 aromatic carbocycles. The molecule has 11 heteroatoms. The van der Waals surface area contributed by atoms with Gasteiger partial charge >= 0.3 is 0 Å².